The molecule has 446 valence electrons. The molecule has 0 radical (unpaired) electrons. The Kier molecular flexibility index (Phi) is 25.2. The molecule has 0 N–H and O–H groups in total. The van der Waals surface area contributed by atoms with E-state index in [9.17, 15) is 14.4 Å². The van der Waals surface area contributed by atoms with Gasteiger partial charge in [-0.2, -0.15) is 28.8 Å². The Bertz CT molecular complexity index is 4200. The second-order valence-corrected chi connectivity index (χ2v) is 20.8. The zero-order valence-electron chi connectivity index (χ0n) is 48.4. The molecule has 20 heteroatoms. The molecule has 18 nitrogen and oxygen atoms in total. The third-order valence-corrected chi connectivity index (χ3v) is 15.6. The number of fused-ring (bicyclic) bond motifs is 2. The summed E-state index contributed by atoms with van der Waals surface area (Å²) in [5.41, 5.74) is 11.4. The average molecular weight is 1230 g/mol. The van der Waals surface area contributed by atoms with Crippen molar-refractivity contribution >= 4 is 116 Å². The van der Waals surface area contributed by atoms with E-state index in [0.29, 0.717) is 81.7 Å². The summed E-state index contributed by atoms with van der Waals surface area (Å²) in [6.07, 6.45) is 16.1. The van der Waals surface area contributed by atoms with Gasteiger partial charge in [0.1, 0.15) is 28.7 Å². The predicted octanol–water partition coefficient (Wildman–Crippen LogP) is 13.8. The lowest BCUT2D eigenvalue weighted by Gasteiger charge is -2.11. The van der Waals surface area contributed by atoms with Gasteiger partial charge in [0.2, 0.25) is 0 Å². The van der Waals surface area contributed by atoms with Gasteiger partial charge in [-0.25, -0.2) is 9.97 Å². The van der Waals surface area contributed by atoms with E-state index in [2.05, 4.69) is 67.1 Å². The third-order valence-electron chi connectivity index (χ3n) is 13.0. The first-order valence-electron chi connectivity index (χ1n) is 27.4. The highest BCUT2D eigenvalue weighted by Gasteiger charge is 2.18. The predicted molar refractivity (Wildman–Crippen MR) is 340 cm³/mol. The number of hydrogen-bond donors (Lipinski definition) is 0. The molecule has 0 unspecified atom stereocenters. The van der Waals surface area contributed by atoms with Crippen LogP contribution in [0.2, 0.25) is 0 Å². The molecule has 0 aliphatic rings. The summed E-state index contributed by atoms with van der Waals surface area (Å²) >= 11 is 3.65. The van der Waals surface area contributed by atoms with Crippen molar-refractivity contribution in [2.24, 2.45) is 0 Å². The average Bonchev–Trinajstić information content (AvgIpc) is 1.65. The number of carbonyl (C=O) groups excluding carboxylic acids is 9. The van der Waals surface area contributed by atoms with E-state index in [1.807, 2.05) is 150 Å². The molecule has 0 saturated heterocycles. The van der Waals surface area contributed by atoms with Crippen molar-refractivity contribution in [3.05, 3.63) is 237 Å². The van der Waals surface area contributed by atoms with Gasteiger partial charge in [0.15, 0.2) is 0 Å². The lowest BCUT2D eigenvalue weighted by Crippen LogP contribution is -1.96. The lowest BCUT2D eigenvalue weighted by molar-refractivity contribution is -0.193. The van der Waals surface area contributed by atoms with Crippen molar-refractivity contribution in [1.29, 1.82) is 0 Å². The van der Waals surface area contributed by atoms with Crippen molar-refractivity contribution < 1.29 is 57.4 Å². The van der Waals surface area contributed by atoms with Crippen molar-refractivity contribution in [3.8, 4) is 45.6 Å². The molecule has 0 bridgehead atoms. The molecule has 11 rings (SSSR count). The van der Waals surface area contributed by atoms with E-state index >= 15 is 0 Å². The van der Waals surface area contributed by atoms with Gasteiger partial charge in [0.25, 0.3) is 19.4 Å². The maximum atomic E-state index is 11.5. The Balaban J connectivity index is 0.000000249. The van der Waals surface area contributed by atoms with Crippen molar-refractivity contribution in [1.82, 2.24) is 29.9 Å². The molecule has 0 spiro atoms. The highest BCUT2D eigenvalue weighted by Crippen LogP contribution is 2.38. The molecule has 0 atom stereocenters. The number of carbonyl (C=O) groups is 3. The Morgan fingerprint density at radius 1 is 0.389 bits per heavy atom. The minimum Gasteiger partial charge on any atom is -0.428 e. The number of nitrogens with zero attached hydrogens (tertiary/aromatic N) is 6. The first kappa shape index (κ1) is 65.8. The van der Waals surface area contributed by atoms with Crippen LogP contribution in [0.5, 0.6) is 0 Å². The number of hydrogen-bond acceptors (Lipinski definition) is 20. The van der Waals surface area contributed by atoms with Crippen LogP contribution >= 0.6 is 22.7 Å². The van der Waals surface area contributed by atoms with Crippen LogP contribution in [0.25, 0.3) is 101 Å². The maximum absolute atomic E-state index is 11.5. The highest BCUT2D eigenvalue weighted by molar-refractivity contribution is 7.20. The largest absolute Gasteiger partial charge is 0.428 e. The summed E-state index contributed by atoms with van der Waals surface area (Å²) in [4.78, 5) is 114. The Labute approximate surface area is 523 Å². The Hall–Kier alpha value is -11.8. The summed E-state index contributed by atoms with van der Waals surface area (Å²) < 4.78 is 18.5. The first-order chi connectivity index (χ1) is 44.1. The first-order valence-corrected chi connectivity index (χ1v) is 29.0. The minimum absolute atomic E-state index is 0.250. The summed E-state index contributed by atoms with van der Waals surface area (Å²) in [6, 6.07) is 51.8. The van der Waals surface area contributed by atoms with Crippen LogP contribution in [-0.4, -0.2) is 67.8 Å². The molecule has 11 aromatic rings. The van der Waals surface area contributed by atoms with Gasteiger partial charge in [-0.3, -0.25) is 34.3 Å². The zero-order chi connectivity index (χ0) is 64.0. The van der Waals surface area contributed by atoms with Gasteiger partial charge in [-0.05, 0) is 143 Å². The zero-order valence-corrected chi connectivity index (χ0v) is 50.0. The van der Waals surface area contributed by atoms with Crippen molar-refractivity contribution in [2.45, 2.75) is 40.0 Å². The standard InChI is InChI=1S/C42H29N3O6.C25H23N3S2.3CO2/c46-27-49-40(33-10-4-1-5-11-33)24-30-16-18-43-36(20-30)38-22-32(26-42(51-29-48)35-14-8-3-9-15-35)23-39(45-38)37-21-31(17-19-44-37)25-41(50-28-47)34-12-6-2-7-13-34;1-4-15-11-20(22-24-16(7-9-26-22)13-18(5-2)29-24)28-21(12-15)23-25-17(8-10-27-23)14-19(6-3)30-25;3*2-1-3/h1-29H;7-14H,4-6H2,1-3H3;;;/b40-24+,41-25+,42-26+;;;;. The van der Waals surface area contributed by atoms with E-state index in [4.69, 9.17) is 62.9 Å². The molecule has 8 heterocycles. The van der Waals surface area contributed by atoms with E-state index in [1.165, 1.54) is 35.5 Å². The molecule has 0 saturated carbocycles. The molecule has 8 aromatic heterocycles. The Morgan fingerprint density at radius 3 is 1.07 bits per heavy atom. The van der Waals surface area contributed by atoms with E-state index in [0.717, 1.165) is 53.2 Å². The number of benzene rings is 3. The topological polar surface area (TPSA) is 259 Å². The summed E-state index contributed by atoms with van der Waals surface area (Å²) in [6.45, 7) is 7.74. The number of aryl methyl sites for hydroxylation is 3. The quantitative estimate of drug-likeness (QED) is 0.0414. The van der Waals surface area contributed by atoms with E-state index in [-0.39, 0.29) is 18.5 Å². The lowest BCUT2D eigenvalue weighted by atomic mass is 10.0. The summed E-state index contributed by atoms with van der Waals surface area (Å²) in [5, 5.41) is 2.50. The molecule has 90 heavy (non-hydrogen) atoms. The van der Waals surface area contributed by atoms with Crippen molar-refractivity contribution in [3.63, 3.8) is 0 Å². The maximum Gasteiger partial charge on any atom is 0.373 e. The fraction of sp³-hybridized carbons (Fsp3) is 0.0857. The van der Waals surface area contributed by atoms with Gasteiger partial charge in [-0.1, -0.05) is 112 Å². The third kappa shape index (κ3) is 17.9. The van der Waals surface area contributed by atoms with Gasteiger partial charge in [-0.15, -0.1) is 22.7 Å². The molecule has 0 fully saturated rings. The SMILES string of the molecule is CCc1cc(-c2nccc3cc(CC)sc23)nc(-c2nccc3cc(CC)sc23)c1.O=C=O.O=C=O.O=C=O.O=CO/C(=C/c1ccnc(-c2cc(/C=C(/OC=O)c3ccccc3)cc(-c3cc(/C=C(/OC=O)c4ccccc4)ccn3)n2)c1)c1ccccc1. The number of aromatic nitrogens is 6. The highest BCUT2D eigenvalue weighted by atomic mass is 32.1. The van der Waals surface area contributed by atoms with Crippen LogP contribution in [0.1, 0.15) is 69.5 Å². The molecular formula is C70H52N6O12S2. The van der Waals surface area contributed by atoms with Gasteiger partial charge >= 0.3 is 18.5 Å². The molecule has 0 amide bonds. The fourth-order valence-corrected chi connectivity index (χ4v) is 11.2. The van der Waals surface area contributed by atoms with Crippen LogP contribution in [0, 0.1) is 0 Å². The van der Waals surface area contributed by atoms with Crippen LogP contribution < -0.4 is 0 Å². The van der Waals surface area contributed by atoms with Gasteiger partial charge < -0.3 is 14.2 Å². The summed E-state index contributed by atoms with van der Waals surface area (Å²) in [7, 11) is 0. The van der Waals surface area contributed by atoms with Crippen molar-refractivity contribution in [2.75, 3.05) is 0 Å². The van der Waals surface area contributed by atoms with Gasteiger partial charge in [0.05, 0.1) is 43.6 Å². The van der Waals surface area contributed by atoms with E-state index in [1.54, 1.807) is 42.8 Å². The fourth-order valence-electron chi connectivity index (χ4n) is 9.01. The molecular weight excluding hydrogens is 1180 g/mol. The molecule has 0 aliphatic heterocycles. The number of ether oxygens (including phenoxy) is 3. The smallest absolute Gasteiger partial charge is 0.373 e. The minimum atomic E-state index is 0.250. The number of pyridine rings is 6. The van der Waals surface area contributed by atoms with Crippen LogP contribution in [-0.2, 0) is 76.6 Å². The number of rotatable bonds is 19. The monoisotopic (exact) mass is 1230 g/mol. The second-order valence-electron chi connectivity index (χ2n) is 18.5. The summed E-state index contributed by atoms with van der Waals surface area (Å²) in [5.74, 6) is 1.07. The van der Waals surface area contributed by atoms with Gasteiger partial charge in [0, 0.05) is 51.2 Å². The van der Waals surface area contributed by atoms with Crippen LogP contribution in [0.15, 0.2) is 189 Å². The second kappa shape index (κ2) is 34.4. The van der Waals surface area contributed by atoms with Crippen LogP contribution in [0.3, 0.4) is 0 Å². The van der Waals surface area contributed by atoms with E-state index < -0.39 is 0 Å². The molecule has 0 aliphatic carbocycles. The number of thiophene rings is 2. The Morgan fingerprint density at radius 2 is 0.722 bits per heavy atom. The van der Waals surface area contributed by atoms with Crippen LogP contribution in [0.4, 0.5) is 0 Å². The normalized spacial score (nSPS) is 10.8. The molecule has 3 aromatic carbocycles.